The summed E-state index contributed by atoms with van der Waals surface area (Å²) in [4.78, 5) is 14.4. The number of carbonyl (C=O) groups excluding carboxylic acids is 1. The van der Waals surface area contributed by atoms with Crippen LogP contribution in [0.2, 0.25) is 0 Å². The van der Waals surface area contributed by atoms with Crippen molar-refractivity contribution in [3.63, 3.8) is 0 Å². The van der Waals surface area contributed by atoms with Crippen molar-refractivity contribution in [2.75, 3.05) is 33.9 Å². The number of piperidine rings is 1. The van der Waals surface area contributed by atoms with E-state index in [1.54, 1.807) is 14.2 Å². The van der Waals surface area contributed by atoms with E-state index in [0.717, 1.165) is 28.9 Å². The molecule has 35 heavy (non-hydrogen) atoms. The van der Waals surface area contributed by atoms with E-state index >= 15 is 0 Å². The van der Waals surface area contributed by atoms with Crippen molar-refractivity contribution in [1.29, 1.82) is 5.26 Å². The Morgan fingerprint density at radius 1 is 1.06 bits per heavy atom. The number of ether oxygens (including phenoxy) is 2. The Kier molecular flexibility index (Phi) is 8.15. The molecule has 0 bridgehead atoms. The highest BCUT2D eigenvalue weighted by atomic mass is 16.5. The molecule has 1 amide bonds. The molecule has 6 nitrogen and oxygen atoms in total. The van der Waals surface area contributed by atoms with E-state index in [9.17, 15) is 4.79 Å². The van der Waals surface area contributed by atoms with E-state index in [2.05, 4.69) is 29.6 Å². The number of nitriles is 1. The van der Waals surface area contributed by atoms with Crippen molar-refractivity contribution >= 4 is 5.91 Å². The van der Waals surface area contributed by atoms with E-state index in [1.807, 2.05) is 59.5 Å². The summed E-state index contributed by atoms with van der Waals surface area (Å²) >= 11 is 0. The maximum Gasteiger partial charge on any atom is 0.248 e. The van der Waals surface area contributed by atoms with Crippen LogP contribution < -0.4 is 10.1 Å². The molecular formula is C29H31N3O3. The van der Waals surface area contributed by atoms with Gasteiger partial charge < -0.3 is 19.7 Å². The smallest absolute Gasteiger partial charge is 0.248 e. The monoisotopic (exact) mass is 469 g/mol. The molecule has 0 aliphatic carbocycles. The van der Waals surface area contributed by atoms with Crippen molar-refractivity contribution in [1.82, 2.24) is 10.2 Å². The van der Waals surface area contributed by atoms with Gasteiger partial charge in [-0.2, -0.15) is 5.26 Å². The lowest BCUT2D eigenvalue weighted by Crippen LogP contribution is -2.50. The molecule has 0 saturated carbocycles. The average Bonchev–Trinajstić information content (AvgIpc) is 2.92. The molecular weight excluding hydrogens is 438 g/mol. The molecule has 0 aromatic heterocycles. The van der Waals surface area contributed by atoms with Gasteiger partial charge in [0.1, 0.15) is 12.4 Å². The number of methoxy groups -OCH3 is 2. The molecule has 0 unspecified atom stereocenters. The summed E-state index contributed by atoms with van der Waals surface area (Å²) in [5, 5.41) is 12.8. The first-order valence-electron chi connectivity index (χ1n) is 11.9. The highest BCUT2D eigenvalue weighted by molar-refractivity contribution is 5.77. The zero-order chi connectivity index (χ0) is 24.6. The van der Waals surface area contributed by atoms with Gasteiger partial charge in [0.25, 0.3) is 0 Å². The van der Waals surface area contributed by atoms with E-state index in [0.29, 0.717) is 25.2 Å². The van der Waals surface area contributed by atoms with E-state index in [1.165, 1.54) is 5.56 Å². The third-order valence-electron chi connectivity index (χ3n) is 6.64. The fourth-order valence-corrected chi connectivity index (χ4v) is 4.75. The largest absolute Gasteiger partial charge is 0.496 e. The van der Waals surface area contributed by atoms with Crippen molar-refractivity contribution in [3.05, 3.63) is 89.5 Å². The SMILES string of the molecule is COCC(=O)N1CC[C@H](NCc2cc(-c3ccc(C#N)cc3)ccc2OC)[C@H](c2ccccc2)C1. The zero-order valence-corrected chi connectivity index (χ0v) is 20.2. The highest BCUT2D eigenvalue weighted by Gasteiger charge is 2.32. The summed E-state index contributed by atoms with van der Waals surface area (Å²) in [5.74, 6) is 1.04. The van der Waals surface area contributed by atoms with Gasteiger partial charge in [-0.25, -0.2) is 0 Å². The minimum Gasteiger partial charge on any atom is -0.496 e. The lowest BCUT2D eigenvalue weighted by atomic mass is 9.85. The van der Waals surface area contributed by atoms with Crippen LogP contribution in [0, 0.1) is 11.3 Å². The van der Waals surface area contributed by atoms with Crippen molar-refractivity contribution in [2.45, 2.75) is 24.9 Å². The maximum absolute atomic E-state index is 12.5. The summed E-state index contributed by atoms with van der Waals surface area (Å²) in [5.41, 5.74) is 5.07. The van der Waals surface area contributed by atoms with Crippen molar-refractivity contribution < 1.29 is 14.3 Å². The Morgan fingerprint density at radius 3 is 2.49 bits per heavy atom. The Morgan fingerprint density at radius 2 is 1.80 bits per heavy atom. The van der Waals surface area contributed by atoms with E-state index in [-0.39, 0.29) is 24.5 Å². The van der Waals surface area contributed by atoms with Gasteiger partial charge in [-0.1, -0.05) is 48.5 Å². The van der Waals surface area contributed by atoms with Gasteiger partial charge in [-0.3, -0.25) is 4.79 Å². The maximum atomic E-state index is 12.5. The van der Waals surface area contributed by atoms with Crippen molar-refractivity contribution in [3.8, 4) is 22.9 Å². The number of nitrogens with one attached hydrogen (secondary N) is 1. The standard InChI is InChI=1S/C29H31N3O3/c1-34-20-29(33)32-15-14-27(26(19-32)23-6-4-3-5-7-23)31-18-25-16-24(12-13-28(25)35-2)22-10-8-21(17-30)9-11-22/h3-13,16,26-27,31H,14-15,18-20H2,1-2H3/t26-,27-/m0/s1. The van der Waals surface area contributed by atoms with Gasteiger partial charge in [0.05, 0.1) is 18.7 Å². The molecule has 3 aromatic rings. The molecule has 1 aliphatic rings. The van der Waals surface area contributed by atoms with Crippen LogP contribution in [0.1, 0.15) is 29.0 Å². The Bertz CT molecular complexity index is 1170. The van der Waals surface area contributed by atoms with Crippen LogP contribution in [-0.2, 0) is 16.1 Å². The number of hydrogen-bond acceptors (Lipinski definition) is 5. The Labute approximate surface area is 207 Å². The lowest BCUT2D eigenvalue weighted by molar-refractivity contribution is -0.136. The summed E-state index contributed by atoms with van der Waals surface area (Å²) in [6.45, 7) is 2.12. The van der Waals surface area contributed by atoms with Crippen LogP contribution in [0.25, 0.3) is 11.1 Å². The molecule has 1 N–H and O–H groups in total. The summed E-state index contributed by atoms with van der Waals surface area (Å²) in [6, 6.07) is 26.5. The number of hydrogen-bond donors (Lipinski definition) is 1. The van der Waals surface area contributed by atoms with Crippen LogP contribution in [0.4, 0.5) is 0 Å². The third kappa shape index (κ3) is 5.89. The minimum absolute atomic E-state index is 0.0312. The molecule has 1 saturated heterocycles. The Balaban J connectivity index is 1.53. The predicted molar refractivity (Wildman–Crippen MR) is 136 cm³/mol. The number of amides is 1. The van der Waals surface area contributed by atoms with Gasteiger partial charge in [0.2, 0.25) is 5.91 Å². The van der Waals surface area contributed by atoms with Gasteiger partial charge in [0, 0.05) is 44.3 Å². The topological polar surface area (TPSA) is 74.6 Å². The first-order valence-corrected chi connectivity index (χ1v) is 11.9. The second kappa shape index (κ2) is 11.7. The van der Waals surface area contributed by atoms with Crippen LogP contribution in [0.3, 0.4) is 0 Å². The molecule has 3 aromatic carbocycles. The lowest BCUT2D eigenvalue weighted by Gasteiger charge is -2.39. The van der Waals surface area contributed by atoms with Crippen LogP contribution in [0.15, 0.2) is 72.8 Å². The fourth-order valence-electron chi connectivity index (χ4n) is 4.75. The first-order chi connectivity index (χ1) is 17.1. The second-order valence-electron chi connectivity index (χ2n) is 8.78. The van der Waals surface area contributed by atoms with Gasteiger partial charge in [0.15, 0.2) is 0 Å². The molecule has 0 radical (unpaired) electrons. The quantitative estimate of drug-likeness (QED) is 0.531. The van der Waals surface area contributed by atoms with Crippen LogP contribution in [0.5, 0.6) is 5.75 Å². The second-order valence-corrected chi connectivity index (χ2v) is 8.78. The normalized spacial score (nSPS) is 17.6. The number of likely N-dealkylation sites (tertiary alicyclic amines) is 1. The molecule has 2 atom stereocenters. The molecule has 0 spiro atoms. The van der Waals surface area contributed by atoms with Gasteiger partial charge >= 0.3 is 0 Å². The molecule has 1 aliphatic heterocycles. The van der Waals surface area contributed by atoms with Gasteiger partial charge in [-0.15, -0.1) is 0 Å². The average molecular weight is 470 g/mol. The highest BCUT2D eigenvalue weighted by Crippen LogP contribution is 2.30. The van der Waals surface area contributed by atoms with Crippen molar-refractivity contribution in [2.24, 2.45) is 0 Å². The van der Waals surface area contributed by atoms with Crippen LogP contribution >= 0.6 is 0 Å². The van der Waals surface area contributed by atoms with Crippen LogP contribution in [-0.4, -0.2) is 50.8 Å². The number of rotatable bonds is 8. The molecule has 1 fully saturated rings. The fraction of sp³-hybridized carbons (Fsp3) is 0.310. The third-order valence-corrected chi connectivity index (χ3v) is 6.64. The number of nitrogens with zero attached hydrogens (tertiary/aromatic N) is 2. The minimum atomic E-state index is 0.0312. The van der Waals surface area contributed by atoms with E-state index < -0.39 is 0 Å². The molecule has 180 valence electrons. The summed E-state index contributed by atoms with van der Waals surface area (Å²) in [6.07, 6.45) is 0.854. The zero-order valence-electron chi connectivity index (χ0n) is 20.2. The van der Waals surface area contributed by atoms with Gasteiger partial charge in [-0.05, 0) is 47.4 Å². The number of carbonyl (C=O) groups is 1. The molecule has 4 rings (SSSR count). The summed E-state index contributed by atoms with van der Waals surface area (Å²) < 4.78 is 10.7. The molecule has 6 heteroatoms. The number of benzene rings is 3. The summed E-state index contributed by atoms with van der Waals surface area (Å²) in [7, 11) is 3.24. The van der Waals surface area contributed by atoms with E-state index in [4.69, 9.17) is 14.7 Å². The molecule has 1 heterocycles. The Hall–Kier alpha value is -3.66. The first kappa shape index (κ1) is 24.5. The predicted octanol–water partition coefficient (Wildman–Crippen LogP) is 4.35.